The van der Waals surface area contributed by atoms with Crippen molar-refractivity contribution in [2.75, 3.05) is 17.2 Å². The van der Waals surface area contributed by atoms with E-state index in [-0.39, 0.29) is 12.5 Å². The van der Waals surface area contributed by atoms with Crippen LogP contribution >= 0.6 is 0 Å². The molecular weight excluding hydrogens is 236 g/mol. The molecule has 0 aliphatic heterocycles. The van der Waals surface area contributed by atoms with E-state index in [1.807, 2.05) is 42.5 Å². The summed E-state index contributed by atoms with van der Waals surface area (Å²) in [6, 6.07) is 16.8. The predicted octanol–water partition coefficient (Wildman–Crippen LogP) is 2.72. The van der Waals surface area contributed by atoms with E-state index in [0.29, 0.717) is 5.69 Å². The Hall–Kier alpha value is -2.73. The van der Waals surface area contributed by atoms with Gasteiger partial charge in [0.25, 0.3) is 0 Å². The lowest BCUT2D eigenvalue weighted by atomic mass is 10.2. The smallest absolute Gasteiger partial charge is 0.243 e. The largest absolute Gasteiger partial charge is 0.376 e. The summed E-state index contributed by atoms with van der Waals surface area (Å²) in [4.78, 5) is 11.8. The number of benzene rings is 2. The summed E-state index contributed by atoms with van der Waals surface area (Å²) in [6.07, 6.45) is 5.31. The molecule has 2 rings (SSSR count). The van der Waals surface area contributed by atoms with E-state index in [2.05, 4.69) is 16.6 Å². The topological polar surface area (TPSA) is 41.1 Å². The lowest BCUT2D eigenvalue weighted by Gasteiger charge is -2.08. The molecule has 1 amide bonds. The van der Waals surface area contributed by atoms with Crippen molar-refractivity contribution in [3.05, 3.63) is 60.2 Å². The average Bonchev–Trinajstić information content (AvgIpc) is 2.46. The third kappa shape index (κ3) is 3.90. The Bertz CT molecular complexity index is 600. The van der Waals surface area contributed by atoms with E-state index in [1.165, 1.54) is 0 Å². The highest BCUT2D eigenvalue weighted by Crippen LogP contribution is 2.10. The molecule has 0 saturated carbocycles. The van der Waals surface area contributed by atoms with Crippen LogP contribution in [-0.2, 0) is 4.79 Å². The number of anilines is 2. The first-order valence-electron chi connectivity index (χ1n) is 5.93. The van der Waals surface area contributed by atoms with Crippen LogP contribution in [0.2, 0.25) is 0 Å². The van der Waals surface area contributed by atoms with Gasteiger partial charge in [0.15, 0.2) is 0 Å². The van der Waals surface area contributed by atoms with Crippen molar-refractivity contribution in [2.24, 2.45) is 0 Å². The van der Waals surface area contributed by atoms with Crippen LogP contribution in [-0.4, -0.2) is 12.5 Å². The SMILES string of the molecule is C#Cc1cccc(NC(=O)CNc2ccccc2)c1. The summed E-state index contributed by atoms with van der Waals surface area (Å²) in [6.45, 7) is 0.213. The zero-order valence-electron chi connectivity index (χ0n) is 10.4. The number of nitrogens with one attached hydrogen (secondary N) is 2. The maximum absolute atomic E-state index is 11.8. The minimum atomic E-state index is -0.113. The summed E-state index contributed by atoms with van der Waals surface area (Å²) in [5, 5.41) is 5.83. The third-order valence-electron chi connectivity index (χ3n) is 2.54. The Morgan fingerprint density at radius 2 is 1.79 bits per heavy atom. The zero-order valence-corrected chi connectivity index (χ0v) is 10.4. The lowest BCUT2D eigenvalue weighted by molar-refractivity contribution is -0.114. The van der Waals surface area contributed by atoms with Gasteiger partial charge >= 0.3 is 0 Å². The minimum absolute atomic E-state index is 0.113. The number of amides is 1. The van der Waals surface area contributed by atoms with Crippen LogP contribution in [0.4, 0.5) is 11.4 Å². The molecule has 0 fully saturated rings. The second kappa shape index (κ2) is 6.27. The Kier molecular flexibility index (Phi) is 4.20. The van der Waals surface area contributed by atoms with Crippen molar-refractivity contribution in [2.45, 2.75) is 0 Å². The monoisotopic (exact) mass is 250 g/mol. The molecule has 19 heavy (non-hydrogen) atoms. The highest BCUT2D eigenvalue weighted by atomic mass is 16.1. The van der Waals surface area contributed by atoms with Crippen molar-refractivity contribution in [3.8, 4) is 12.3 Å². The van der Waals surface area contributed by atoms with E-state index in [1.54, 1.807) is 12.1 Å². The maximum atomic E-state index is 11.8. The second-order valence-corrected chi connectivity index (χ2v) is 3.99. The fourth-order valence-electron chi connectivity index (χ4n) is 1.63. The first-order valence-corrected chi connectivity index (χ1v) is 5.93. The van der Waals surface area contributed by atoms with Gasteiger partial charge in [-0.1, -0.05) is 30.2 Å². The molecular formula is C16H14N2O. The Labute approximate surface area is 112 Å². The number of para-hydroxylation sites is 1. The van der Waals surface area contributed by atoms with Gasteiger partial charge in [-0.3, -0.25) is 4.79 Å². The van der Waals surface area contributed by atoms with E-state index in [4.69, 9.17) is 6.42 Å². The summed E-state index contributed by atoms with van der Waals surface area (Å²) in [7, 11) is 0. The molecule has 2 aromatic rings. The molecule has 0 aliphatic rings. The zero-order chi connectivity index (χ0) is 13.5. The fraction of sp³-hybridized carbons (Fsp3) is 0.0625. The molecule has 0 saturated heterocycles. The Balaban J connectivity index is 1.89. The van der Waals surface area contributed by atoms with Gasteiger partial charge in [0.05, 0.1) is 6.54 Å². The Morgan fingerprint density at radius 1 is 1.05 bits per heavy atom. The summed E-state index contributed by atoms with van der Waals surface area (Å²) < 4.78 is 0. The second-order valence-electron chi connectivity index (χ2n) is 3.99. The molecule has 0 spiro atoms. The fourth-order valence-corrected chi connectivity index (χ4v) is 1.63. The van der Waals surface area contributed by atoms with Crippen LogP contribution in [0, 0.1) is 12.3 Å². The average molecular weight is 250 g/mol. The molecule has 3 heteroatoms. The summed E-state index contributed by atoms with van der Waals surface area (Å²) >= 11 is 0. The van der Waals surface area contributed by atoms with Crippen molar-refractivity contribution in [1.82, 2.24) is 0 Å². The van der Waals surface area contributed by atoms with Gasteiger partial charge in [0, 0.05) is 16.9 Å². The number of rotatable bonds is 4. The molecule has 0 unspecified atom stereocenters. The molecule has 2 N–H and O–H groups in total. The normalized spacial score (nSPS) is 9.42. The van der Waals surface area contributed by atoms with E-state index < -0.39 is 0 Å². The van der Waals surface area contributed by atoms with Gasteiger partial charge in [0.1, 0.15) is 0 Å². The van der Waals surface area contributed by atoms with Crippen molar-refractivity contribution in [3.63, 3.8) is 0 Å². The lowest BCUT2D eigenvalue weighted by Crippen LogP contribution is -2.21. The number of hydrogen-bond acceptors (Lipinski definition) is 2. The number of terminal acetylenes is 1. The van der Waals surface area contributed by atoms with Crippen LogP contribution in [0.5, 0.6) is 0 Å². The number of carbonyl (C=O) groups is 1. The van der Waals surface area contributed by atoms with Crippen LogP contribution in [0.3, 0.4) is 0 Å². The van der Waals surface area contributed by atoms with E-state index >= 15 is 0 Å². The van der Waals surface area contributed by atoms with Gasteiger partial charge in [-0.15, -0.1) is 6.42 Å². The standard InChI is InChI=1S/C16H14N2O/c1-2-13-7-6-10-15(11-13)18-16(19)12-17-14-8-4-3-5-9-14/h1,3-11,17H,12H2,(H,18,19). The van der Waals surface area contributed by atoms with Crippen LogP contribution in [0.25, 0.3) is 0 Å². The quantitative estimate of drug-likeness (QED) is 0.819. The van der Waals surface area contributed by atoms with E-state index in [0.717, 1.165) is 11.3 Å². The molecule has 0 aromatic heterocycles. The first kappa shape index (κ1) is 12.7. The van der Waals surface area contributed by atoms with Crippen LogP contribution in [0.15, 0.2) is 54.6 Å². The third-order valence-corrected chi connectivity index (χ3v) is 2.54. The molecule has 94 valence electrons. The van der Waals surface area contributed by atoms with Gasteiger partial charge in [-0.05, 0) is 30.3 Å². The molecule has 0 aliphatic carbocycles. The molecule has 2 aromatic carbocycles. The summed E-state index contributed by atoms with van der Waals surface area (Å²) in [5.74, 6) is 2.42. The van der Waals surface area contributed by atoms with Crippen molar-refractivity contribution >= 4 is 17.3 Å². The first-order chi connectivity index (χ1) is 9.28. The van der Waals surface area contributed by atoms with Crippen LogP contribution < -0.4 is 10.6 Å². The molecule has 0 atom stereocenters. The molecule has 0 bridgehead atoms. The van der Waals surface area contributed by atoms with Gasteiger partial charge in [0.2, 0.25) is 5.91 Å². The highest BCUT2D eigenvalue weighted by Gasteiger charge is 2.02. The van der Waals surface area contributed by atoms with Crippen molar-refractivity contribution in [1.29, 1.82) is 0 Å². The molecule has 0 heterocycles. The van der Waals surface area contributed by atoms with E-state index in [9.17, 15) is 4.79 Å². The molecule has 0 radical (unpaired) electrons. The van der Waals surface area contributed by atoms with Crippen molar-refractivity contribution < 1.29 is 4.79 Å². The predicted molar refractivity (Wildman–Crippen MR) is 77.9 cm³/mol. The Morgan fingerprint density at radius 3 is 2.53 bits per heavy atom. The number of carbonyl (C=O) groups excluding carboxylic acids is 1. The minimum Gasteiger partial charge on any atom is -0.376 e. The highest BCUT2D eigenvalue weighted by molar-refractivity contribution is 5.93. The van der Waals surface area contributed by atoms with Gasteiger partial charge in [-0.2, -0.15) is 0 Å². The summed E-state index contributed by atoms with van der Waals surface area (Å²) in [5.41, 5.74) is 2.36. The molecule has 3 nitrogen and oxygen atoms in total. The number of hydrogen-bond donors (Lipinski definition) is 2. The maximum Gasteiger partial charge on any atom is 0.243 e. The van der Waals surface area contributed by atoms with Gasteiger partial charge in [-0.25, -0.2) is 0 Å². The van der Waals surface area contributed by atoms with Gasteiger partial charge < -0.3 is 10.6 Å². The van der Waals surface area contributed by atoms with Crippen LogP contribution in [0.1, 0.15) is 5.56 Å².